The van der Waals surface area contributed by atoms with Crippen molar-refractivity contribution in [2.45, 2.75) is 51.0 Å². The molecule has 0 radical (unpaired) electrons. The number of nitrogens with two attached hydrogens (primary N) is 1. The van der Waals surface area contributed by atoms with Crippen molar-refractivity contribution in [3.8, 4) is 0 Å². The third kappa shape index (κ3) is 3.31. The molecular formula is C19H27NO4. The van der Waals surface area contributed by atoms with Gasteiger partial charge in [0, 0.05) is 11.8 Å². The molecule has 4 N–H and O–H groups in total. The summed E-state index contributed by atoms with van der Waals surface area (Å²) in [6.07, 6.45) is 3.71. The molecule has 132 valence electrons. The maximum Gasteiger partial charge on any atom is 0.324 e. The molecule has 1 aliphatic carbocycles. The van der Waals surface area contributed by atoms with Crippen molar-refractivity contribution in [3.63, 3.8) is 0 Å². The summed E-state index contributed by atoms with van der Waals surface area (Å²) in [5.41, 5.74) is 5.64. The van der Waals surface area contributed by atoms with Crippen molar-refractivity contribution >= 4 is 11.9 Å². The number of hydrogen-bond donors (Lipinski definition) is 3. The Morgan fingerprint density at radius 2 is 1.83 bits per heavy atom. The van der Waals surface area contributed by atoms with Gasteiger partial charge in [0.1, 0.15) is 5.54 Å². The Bertz CT molecular complexity index is 588. The number of aliphatic carboxylic acids is 2. The Labute approximate surface area is 142 Å². The van der Waals surface area contributed by atoms with Gasteiger partial charge in [0.05, 0.1) is 5.92 Å². The van der Waals surface area contributed by atoms with Crippen molar-refractivity contribution < 1.29 is 19.8 Å². The van der Waals surface area contributed by atoms with E-state index in [-0.39, 0.29) is 5.92 Å². The largest absolute Gasteiger partial charge is 0.481 e. The first-order valence-corrected chi connectivity index (χ1v) is 8.65. The molecule has 0 bridgehead atoms. The van der Waals surface area contributed by atoms with Gasteiger partial charge in [-0.25, -0.2) is 0 Å². The molecule has 1 saturated carbocycles. The molecule has 2 rings (SSSR count). The molecule has 0 aliphatic heterocycles. The summed E-state index contributed by atoms with van der Waals surface area (Å²) in [7, 11) is 0. The zero-order valence-corrected chi connectivity index (χ0v) is 14.3. The van der Waals surface area contributed by atoms with E-state index in [0.29, 0.717) is 0 Å². The highest BCUT2D eigenvalue weighted by atomic mass is 16.4. The standard InChI is InChI=1S/C19H27NO4/c1-3-4-6-11-14-15(17(21)22)16(14)19(20,18(23)24)12(2)13-9-7-5-8-10-13/h5,7-10,12,14-16H,3-4,6,11,20H2,1-2H3,(H,21,22)(H,23,24). The molecule has 0 heterocycles. The van der Waals surface area contributed by atoms with Crippen LogP contribution in [0.3, 0.4) is 0 Å². The lowest BCUT2D eigenvalue weighted by atomic mass is 9.76. The van der Waals surface area contributed by atoms with Crippen molar-refractivity contribution in [2.24, 2.45) is 23.5 Å². The highest BCUT2D eigenvalue weighted by Gasteiger charge is 2.67. The van der Waals surface area contributed by atoms with Crippen molar-refractivity contribution in [1.29, 1.82) is 0 Å². The summed E-state index contributed by atoms with van der Waals surface area (Å²) in [6, 6.07) is 9.24. The van der Waals surface area contributed by atoms with Crippen molar-refractivity contribution in [1.82, 2.24) is 0 Å². The van der Waals surface area contributed by atoms with Gasteiger partial charge in [-0.1, -0.05) is 63.4 Å². The molecule has 0 saturated heterocycles. The van der Waals surface area contributed by atoms with Crippen LogP contribution in [-0.2, 0) is 9.59 Å². The highest BCUT2D eigenvalue weighted by Crippen LogP contribution is 2.58. The second kappa shape index (κ2) is 7.34. The first-order valence-electron chi connectivity index (χ1n) is 8.65. The molecule has 5 unspecified atom stereocenters. The van der Waals surface area contributed by atoms with E-state index in [1.807, 2.05) is 30.3 Å². The molecule has 5 nitrogen and oxygen atoms in total. The molecule has 24 heavy (non-hydrogen) atoms. The number of carboxylic acids is 2. The van der Waals surface area contributed by atoms with Gasteiger partial charge >= 0.3 is 11.9 Å². The van der Waals surface area contributed by atoms with Crippen LogP contribution in [0.2, 0.25) is 0 Å². The first kappa shape index (κ1) is 18.5. The summed E-state index contributed by atoms with van der Waals surface area (Å²) in [5.74, 6) is -3.85. The smallest absolute Gasteiger partial charge is 0.324 e. The van der Waals surface area contributed by atoms with Crippen LogP contribution in [0, 0.1) is 17.8 Å². The number of carboxylic acid groups (broad SMARTS) is 2. The van der Waals surface area contributed by atoms with Crippen LogP contribution in [0.15, 0.2) is 30.3 Å². The Morgan fingerprint density at radius 1 is 1.21 bits per heavy atom. The van der Waals surface area contributed by atoms with Crippen LogP contribution in [0.5, 0.6) is 0 Å². The third-order valence-corrected chi connectivity index (χ3v) is 5.53. The molecule has 0 amide bonds. The molecule has 1 aliphatic rings. The third-order valence-electron chi connectivity index (χ3n) is 5.53. The first-order chi connectivity index (χ1) is 11.4. The van der Waals surface area contributed by atoms with Gasteiger partial charge in [-0.15, -0.1) is 0 Å². The fraction of sp³-hybridized carbons (Fsp3) is 0.579. The van der Waals surface area contributed by atoms with E-state index in [2.05, 4.69) is 6.92 Å². The summed E-state index contributed by atoms with van der Waals surface area (Å²) < 4.78 is 0. The summed E-state index contributed by atoms with van der Waals surface area (Å²) in [4.78, 5) is 23.6. The zero-order chi connectivity index (χ0) is 17.9. The number of hydrogen-bond acceptors (Lipinski definition) is 3. The summed E-state index contributed by atoms with van der Waals surface area (Å²) >= 11 is 0. The van der Waals surface area contributed by atoms with Crippen LogP contribution >= 0.6 is 0 Å². The summed E-state index contributed by atoms with van der Waals surface area (Å²) in [6.45, 7) is 3.87. The van der Waals surface area contributed by atoms with E-state index < -0.39 is 35.2 Å². The lowest BCUT2D eigenvalue weighted by Gasteiger charge is -2.32. The molecule has 5 atom stereocenters. The van der Waals surface area contributed by atoms with Gasteiger partial charge in [0.15, 0.2) is 0 Å². The highest BCUT2D eigenvalue weighted by molar-refractivity contribution is 5.85. The monoisotopic (exact) mass is 333 g/mol. The second-order valence-corrected chi connectivity index (χ2v) is 6.92. The fourth-order valence-electron chi connectivity index (χ4n) is 3.99. The van der Waals surface area contributed by atoms with E-state index >= 15 is 0 Å². The maximum atomic E-state index is 12.0. The predicted octanol–water partition coefficient (Wildman–Crippen LogP) is 3.10. The number of rotatable bonds is 9. The number of carbonyl (C=O) groups is 2. The normalized spacial score (nSPS) is 26.4. The lowest BCUT2D eigenvalue weighted by Crippen LogP contribution is -2.55. The molecule has 5 heteroatoms. The topological polar surface area (TPSA) is 101 Å². The minimum absolute atomic E-state index is 0.152. The van der Waals surface area contributed by atoms with E-state index in [1.165, 1.54) is 0 Å². The Morgan fingerprint density at radius 3 is 2.33 bits per heavy atom. The molecule has 1 aromatic rings. The predicted molar refractivity (Wildman–Crippen MR) is 91.7 cm³/mol. The van der Waals surface area contributed by atoms with Gasteiger partial charge in [-0.3, -0.25) is 9.59 Å². The van der Waals surface area contributed by atoms with Crippen LogP contribution in [0.4, 0.5) is 0 Å². The number of benzene rings is 1. The van der Waals surface area contributed by atoms with Gasteiger partial charge < -0.3 is 15.9 Å². The Hall–Kier alpha value is -1.88. The van der Waals surface area contributed by atoms with E-state index in [9.17, 15) is 19.8 Å². The van der Waals surface area contributed by atoms with Crippen molar-refractivity contribution in [2.75, 3.05) is 0 Å². The zero-order valence-electron chi connectivity index (χ0n) is 14.3. The van der Waals surface area contributed by atoms with Gasteiger partial charge in [-0.2, -0.15) is 0 Å². The molecule has 0 aromatic heterocycles. The lowest BCUT2D eigenvalue weighted by molar-refractivity contribution is -0.146. The van der Waals surface area contributed by atoms with Crippen LogP contribution in [0.25, 0.3) is 0 Å². The van der Waals surface area contributed by atoms with Crippen LogP contribution < -0.4 is 5.73 Å². The SMILES string of the molecule is CCCCCC1C(C(=O)O)C1C(N)(C(=O)O)C(C)c1ccccc1. The molecule has 1 aromatic carbocycles. The van der Waals surface area contributed by atoms with Crippen LogP contribution in [-0.4, -0.2) is 27.7 Å². The fourth-order valence-corrected chi connectivity index (χ4v) is 3.99. The van der Waals surface area contributed by atoms with Gasteiger partial charge in [-0.05, 0) is 17.9 Å². The quantitative estimate of drug-likeness (QED) is 0.603. The second-order valence-electron chi connectivity index (χ2n) is 6.92. The van der Waals surface area contributed by atoms with Crippen molar-refractivity contribution in [3.05, 3.63) is 35.9 Å². The number of unbranched alkanes of at least 4 members (excludes halogenated alkanes) is 2. The van der Waals surface area contributed by atoms with Crippen LogP contribution in [0.1, 0.15) is 51.0 Å². The molecular weight excluding hydrogens is 306 g/mol. The Balaban J connectivity index is 2.28. The Kier molecular flexibility index (Phi) is 5.65. The van der Waals surface area contributed by atoms with E-state index in [0.717, 1.165) is 31.2 Å². The average Bonchev–Trinajstić information content (AvgIpc) is 3.29. The molecule has 1 fully saturated rings. The maximum absolute atomic E-state index is 12.0. The van der Waals surface area contributed by atoms with Gasteiger partial charge in [0.2, 0.25) is 0 Å². The van der Waals surface area contributed by atoms with Gasteiger partial charge in [0.25, 0.3) is 0 Å². The molecule has 0 spiro atoms. The van der Waals surface area contributed by atoms with E-state index in [4.69, 9.17) is 5.73 Å². The summed E-state index contributed by atoms with van der Waals surface area (Å²) in [5, 5.41) is 19.3. The minimum Gasteiger partial charge on any atom is -0.481 e. The van der Waals surface area contributed by atoms with E-state index in [1.54, 1.807) is 6.92 Å². The average molecular weight is 333 g/mol. The minimum atomic E-state index is -1.57.